The molecule has 1 aliphatic rings. The van der Waals surface area contributed by atoms with Gasteiger partial charge in [-0.3, -0.25) is 4.79 Å². The van der Waals surface area contributed by atoms with E-state index in [1.165, 1.54) is 0 Å². The lowest BCUT2D eigenvalue weighted by Crippen LogP contribution is -2.35. The van der Waals surface area contributed by atoms with Gasteiger partial charge in [0, 0.05) is 22.9 Å². The predicted octanol–water partition coefficient (Wildman–Crippen LogP) is 4.17. The lowest BCUT2D eigenvalue weighted by Gasteiger charge is -2.30. The molecule has 2 N–H and O–H groups in total. The Bertz CT molecular complexity index is 715. The van der Waals surface area contributed by atoms with Crippen LogP contribution in [0.2, 0.25) is 10.0 Å². The fourth-order valence-electron chi connectivity index (χ4n) is 2.64. The summed E-state index contributed by atoms with van der Waals surface area (Å²) in [5.41, 5.74) is 9.00. The van der Waals surface area contributed by atoms with Gasteiger partial charge in [-0.2, -0.15) is 0 Å². The second kappa shape index (κ2) is 5.58. The average Bonchev–Trinajstić information content (AvgIpc) is 2.45. The van der Waals surface area contributed by atoms with Gasteiger partial charge in [0.1, 0.15) is 0 Å². The third kappa shape index (κ3) is 2.71. The third-order valence-corrected chi connectivity index (χ3v) is 4.18. The summed E-state index contributed by atoms with van der Waals surface area (Å²) < 4.78 is 0. The van der Waals surface area contributed by atoms with E-state index in [1.54, 1.807) is 23.1 Å². The molecule has 0 unspecified atom stereocenters. The Labute approximate surface area is 133 Å². The van der Waals surface area contributed by atoms with Gasteiger partial charge >= 0.3 is 0 Å². The summed E-state index contributed by atoms with van der Waals surface area (Å²) in [6.07, 6.45) is 1.84. The van der Waals surface area contributed by atoms with Crippen LogP contribution in [0.4, 0.5) is 11.4 Å². The Morgan fingerprint density at radius 2 is 1.95 bits per heavy atom. The van der Waals surface area contributed by atoms with Crippen molar-refractivity contribution < 1.29 is 4.79 Å². The molecule has 0 radical (unpaired) electrons. The van der Waals surface area contributed by atoms with E-state index in [-0.39, 0.29) is 5.91 Å². The van der Waals surface area contributed by atoms with E-state index in [4.69, 9.17) is 28.9 Å². The van der Waals surface area contributed by atoms with Gasteiger partial charge in [-0.25, -0.2) is 0 Å². The number of hydrogen-bond acceptors (Lipinski definition) is 2. The molecule has 0 saturated carbocycles. The van der Waals surface area contributed by atoms with Gasteiger partial charge in [0.2, 0.25) is 0 Å². The Balaban J connectivity index is 2.00. The molecule has 3 rings (SSSR count). The number of amides is 1. The van der Waals surface area contributed by atoms with Crippen LogP contribution in [0.3, 0.4) is 0 Å². The molecule has 21 heavy (non-hydrogen) atoms. The van der Waals surface area contributed by atoms with Crippen molar-refractivity contribution in [2.75, 3.05) is 17.2 Å². The van der Waals surface area contributed by atoms with Crippen LogP contribution < -0.4 is 10.6 Å². The van der Waals surface area contributed by atoms with Crippen molar-refractivity contribution in [2.24, 2.45) is 0 Å². The molecular formula is C16H14Cl2N2O. The minimum absolute atomic E-state index is 0.109. The largest absolute Gasteiger partial charge is 0.399 e. The van der Waals surface area contributed by atoms with E-state index in [0.29, 0.717) is 27.8 Å². The number of aryl methyl sites for hydroxylation is 1. The Kier molecular flexibility index (Phi) is 3.79. The maximum atomic E-state index is 12.7. The highest BCUT2D eigenvalue weighted by atomic mass is 35.5. The summed E-state index contributed by atoms with van der Waals surface area (Å²) in [6.45, 7) is 0.675. The van der Waals surface area contributed by atoms with Crippen molar-refractivity contribution in [2.45, 2.75) is 12.8 Å². The number of fused-ring (bicyclic) bond motifs is 1. The van der Waals surface area contributed by atoms with Crippen molar-refractivity contribution in [3.8, 4) is 0 Å². The monoisotopic (exact) mass is 320 g/mol. The number of halogens is 2. The molecule has 0 spiro atoms. The highest BCUT2D eigenvalue weighted by Gasteiger charge is 2.25. The number of nitrogen functional groups attached to an aromatic ring is 1. The number of rotatable bonds is 1. The maximum Gasteiger partial charge on any atom is 0.259 e. The Hall–Kier alpha value is -1.71. The molecule has 1 aliphatic heterocycles. The number of carbonyl (C=O) groups is 1. The van der Waals surface area contributed by atoms with Crippen LogP contribution in [-0.4, -0.2) is 12.5 Å². The number of nitrogens with zero attached hydrogens (tertiary/aromatic N) is 1. The normalized spacial score (nSPS) is 13.9. The topological polar surface area (TPSA) is 46.3 Å². The standard InChI is InChI=1S/C16H14Cl2N2O/c17-11-3-5-13(14(18)9-11)16(21)20-7-1-2-10-8-12(19)4-6-15(10)20/h3-6,8-9H,1-2,7,19H2. The first-order valence-corrected chi connectivity index (χ1v) is 7.47. The van der Waals surface area contributed by atoms with Crippen molar-refractivity contribution >= 4 is 40.5 Å². The van der Waals surface area contributed by atoms with Gasteiger partial charge in [0.15, 0.2) is 0 Å². The number of carbonyl (C=O) groups excluding carboxylic acids is 1. The molecule has 1 amide bonds. The second-order valence-corrected chi connectivity index (χ2v) is 5.92. The highest BCUT2D eigenvalue weighted by molar-refractivity contribution is 6.37. The SMILES string of the molecule is Nc1ccc2c(c1)CCCN2C(=O)c1ccc(Cl)cc1Cl. The van der Waals surface area contributed by atoms with Crippen molar-refractivity contribution in [1.29, 1.82) is 0 Å². The number of benzene rings is 2. The molecule has 0 aliphatic carbocycles. The highest BCUT2D eigenvalue weighted by Crippen LogP contribution is 2.31. The summed E-state index contributed by atoms with van der Waals surface area (Å²) in [4.78, 5) is 14.5. The molecular weight excluding hydrogens is 307 g/mol. The summed E-state index contributed by atoms with van der Waals surface area (Å²) in [5, 5.41) is 0.887. The smallest absolute Gasteiger partial charge is 0.259 e. The van der Waals surface area contributed by atoms with Gasteiger partial charge in [-0.15, -0.1) is 0 Å². The second-order valence-electron chi connectivity index (χ2n) is 5.07. The number of nitrogens with two attached hydrogens (primary N) is 1. The first-order chi connectivity index (χ1) is 10.1. The van der Waals surface area contributed by atoms with Gasteiger partial charge in [0.25, 0.3) is 5.91 Å². The van der Waals surface area contributed by atoms with E-state index in [1.807, 2.05) is 18.2 Å². The zero-order chi connectivity index (χ0) is 15.0. The lowest BCUT2D eigenvalue weighted by molar-refractivity contribution is 0.0985. The molecule has 0 fully saturated rings. The molecule has 1 heterocycles. The maximum absolute atomic E-state index is 12.7. The predicted molar refractivity (Wildman–Crippen MR) is 87.3 cm³/mol. The summed E-state index contributed by atoms with van der Waals surface area (Å²) in [7, 11) is 0. The van der Waals surface area contributed by atoms with Crippen molar-refractivity contribution in [3.05, 3.63) is 57.6 Å². The first-order valence-electron chi connectivity index (χ1n) is 6.71. The van der Waals surface area contributed by atoms with Gasteiger partial charge in [0.05, 0.1) is 10.6 Å². The van der Waals surface area contributed by atoms with Crippen LogP contribution >= 0.6 is 23.2 Å². The van der Waals surface area contributed by atoms with Crippen LogP contribution in [0.1, 0.15) is 22.3 Å². The van der Waals surface area contributed by atoms with E-state index in [9.17, 15) is 4.79 Å². The fraction of sp³-hybridized carbons (Fsp3) is 0.188. The number of anilines is 2. The van der Waals surface area contributed by atoms with Crippen LogP contribution in [0.15, 0.2) is 36.4 Å². The molecule has 2 aromatic carbocycles. The quantitative estimate of drug-likeness (QED) is 0.801. The minimum Gasteiger partial charge on any atom is -0.399 e. The van der Waals surface area contributed by atoms with Crippen LogP contribution in [-0.2, 0) is 6.42 Å². The van der Waals surface area contributed by atoms with E-state index < -0.39 is 0 Å². The van der Waals surface area contributed by atoms with E-state index in [0.717, 1.165) is 24.1 Å². The minimum atomic E-state index is -0.109. The Morgan fingerprint density at radius 3 is 2.71 bits per heavy atom. The van der Waals surface area contributed by atoms with Crippen LogP contribution in [0.25, 0.3) is 0 Å². The lowest BCUT2D eigenvalue weighted by atomic mass is 10.00. The first kappa shape index (κ1) is 14.2. The zero-order valence-electron chi connectivity index (χ0n) is 11.3. The molecule has 108 valence electrons. The van der Waals surface area contributed by atoms with Crippen molar-refractivity contribution in [1.82, 2.24) is 0 Å². The molecule has 5 heteroatoms. The summed E-state index contributed by atoms with van der Waals surface area (Å²) in [5.74, 6) is -0.109. The van der Waals surface area contributed by atoms with E-state index in [2.05, 4.69) is 0 Å². The third-order valence-electron chi connectivity index (χ3n) is 3.63. The fourth-order valence-corrected chi connectivity index (χ4v) is 3.13. The molecule has 0 atom stereocenters. The number of hydrogen-bond donors (Lipinski definition) is 1. The summed E-state index contributed by atoms with van der Waals surface area (Å²) in [6, 6.07) is 10.6. The molecule has 0 saturated heterocycles. The zero-order valence-corrected chi connectivity index (χ0v) is 12.8. The van der Waals surface area contributed by atoms with Crippen molar-refractivity contribution in [3.63, 3.8) is 0 Å². The molecule has 0 aromatic heterocycles. The van der Waals surface area contributed by atoms with Gasteiger partial charge in [-0.05, 0) is 54.8 Å². The van der Waals surface area contributed by atoms with Gasteiger partial charge < -0.3 is 10.6 Å². The van der Waals surface area contributed by atoms with E-state index >= 15 is 0 Å². The average molecular weight is 321 g/mol. The van der Waals surface area contributed by atoms with Crippen LogP contribution in [0.5, 0.6) is 0 Å². The Morgan fingerprint density at radius 1 is 1.14 bits per heavy atom. The van der Waals surface area contributed by atoms with Gasteiger partial charge in [-0.1, -0.05) is 23.2 Å². The van der Waals surface area contributed by atoms with Crippen LogP contribution in [0, 0.1) is 0 Å². The molecule has 2 aromatic rings. The molecule has 3 nitrogen and oxygen atoms in total. The summed E-state index contributed by atoms with van der Waals surface area (Å²) >= 11 is 12.0. The molecule has 0 bridgehead atoms.